The number of aromatic nitrogens is 1. The summed E-state index contributed by atoms with van der Waals surface area (Å²) in [5, 5.41) is 3.84. The summed E-state index contributed by atoms with van der Waals surface area (Å²) in [4.78, 5) is 29.5. The van der Waals surface area contributed by atoms with Crippen LogP contribution in [0.5, 0.6) is 0 Å². The van der Waals surface area contributed by atoms with Gasteiger partial charge in [0.2, 0.25) is 5.91 Å². The molecule has 1 aromatic heterocycles. The molecule has 2 heterocycles. The highest BCUT2D eigenvalue weighted by atomic mass is 19.1. The molecule has 0 radical (unpaired) electrons. The zero-order valence-corrected chi connectivity index (χ0v) is 15.0. The molecular weight excluding hydrogens is 345 g/mol. The quantitative estimate of drug-likeness (QED) is 0.749. The highest BCUT2D eigenvalue weighted by molar-refractivity contribution is 5.99. The number of benzene rings is 2. The Bertz CT molecular complexity index is 1020. The number of nitrogens with zero attached hydrogens (tertiary/aromatic N) is 1. The average molecular weight is 365 g/mol. The third-order valence-corrected chi connectivity index (χ3v) is 5.05. The zero-order chi connectivity index (χ0) is 19.0. The van der Waals surface area contributed by atoms with Gasteiger partial charge in [-0.1, -0.05) is 12.1 Å². The average Bonchev–Trinajstić information content (AvgIpc) is 3.04. The van der Waals surface area contributed by atoms with Crippen molar-refractivity contribution in [1.82, 2.24) is 15.2 Å². The smallest absolute Gasteiger partial charge is 0.251 e. The Morgan fingerprint density at radius 2 is 1.96 bits per heavy atom. The van der Waals surface area contributed by atoms with Gasteiger partial charge in [0.15, 0.2) is 0 Å². The number of H-pyrrole nitrogens is 1. The Labute approximate surface area is 156 Å². The Balaban J connectivity index is 1.55. The molecular formula is C21H20FN3O2. The number of carbonyl (C=O) groups is 2. The van der Waals surface area contributed by atoms with Gasteiger partial charge >= 0.3 is 0 Å². The molecule has 2 aromatic carbocycles. The van der Waals surface area contributed by atoms with Crippen LogP contribution in [0.2, 0.25) is 0 Å². The van der Waals surface area contributed by atoms with Crippen LogP contribution in [0.25, 0.3) is 10.9 Å². The van der Waals surface area contributed by atoms with Crippen LogP contribution in [0.4, 0.5) is 4.39 Å². The van der Waals surface area contributed by atoms with E-state index in [0.29, 0.717) is 25.2 Å². The maximum absolute atomic E-state index is 13.0. The molecule has 0 fully saturated rings. The van der Waals surface area contributed by atoms with E-state index in [1.54, 1.807) is 25.1 Å². The lowest BCUT2D eigenvalue weighted by Crippen LogP contribution is -2.33. The third-order valence-electron chi connectivity index (χ3n) is 5.05. The van der Waals surface area contributed by atoms with Crippen molar-refractivity contribution in [3.63, 3.8) is 0 Å². The SMILES string of the molecule is CC(=O)N1CCc2[nH]c3ccc(C(=O)NCc4ccc(F)cc4)cc3c2C1. The lowest BCUT2D eigenvalue weighted by molar-refractivity contribution is -0.129. The number of rotatable bonds is 3. The lowest BCUT2D eigenvalue weighted by atomic mass is 10.0. The molecule has 2 amide bonds. The van der Waals surface area contributed by atoms with Crippen LogP contribution in [0.1, 0.15) is 34.1 Å². The van der Waals surface area contributed by atoms with Crippen molar-refractivity contribution >= 4 is 22.7 Å². The first-order chi connectivity index (χ1) is 13.0. The van der Waals surface area contributed by atoms with Crippen LogP contribution >= 0.6 is 0 Å². The number of carbonyl (C=O) groups excluding carboxylic acids is 2. The number of aromatic amines is 1. The van der Waals surface area contributed by atoms with Gasteiger partial charge in [-0.2, -0.15) is 0 Å². The summed E-state index contributed by atoms with van der Waals surface area (Å²) < 4.78 is 13.0. The molecule has 5 nitrogen and oxygen atoms in total. The number of hydrogen-bond donors (Lipinski definition) is 2. The van der Waals surface area contributed by atoms with Gasteiger partial charge in [0.1, 0.15) is 5.82 Å². The van der Waals surface area contributed by atoms with Crippen LogP contribution < -0.4 is 5.32 Å². The first kappa shape index (κ1) is 17.3. The Hall–Kier alpha value is -3.15. The highest BCUT2D eigenvalue weighted by Crippen LogP contribution is 2.28. The maximum atomic E-state index is 13.0. The second kappa shape index (κ2) is 6.87. The van der Waals surface area contributed by atoms with Gasteiger partial charge < -0.3 is 15.2 Å². The minimum atomic E-state index is -0.299. The van der Waals surface area contributed by atoms with E-state index >= 15 is 0 Å². The van der Waals surface area contributed by atoms with Crippen molar-refractivity contribution in [2.24, 2.45) is 0 Å². The molecule has 0 saturated carbocycles. The second-order valence-corrected chi connectivity index (χ2v) is 6.84. The topological polar surface area (TPSA) is 65.2 Å². The molecule has 3 aromatic rings. The minimum absolute atomic E-state index is 0.0585. The summed E-state index contributed by atoms with van der Waals surface area (Å²) in [5.41, 5.74) is 4.58. The van der Waals surface area contributed by atoms with E-state index in [4.69, 9.17) is 0 Å². The largest absolute Gasteiger partial charge is 0.358 e. The number of halogens is 1. The van der Waals surface area contributed by atoms with Gasteiger partial charge in [0, 0.05) is 60.7 Å². The zero-order valence-electron chi connectivity index (χ0n) is 15.0. The van der Waals surface area contributed by atoms with Crippen molar-refractivity contribution in [3.05, 3.63) is 70.7 Å². The fourth-order valence-corrected chi connectivity index (χ4v) is 3.51. The fraction of sp³-hybridized carbons (Fsp3) is 0.238. The first-order valence-corrected chi connectivity index (χ1v) is 8.93. The molecule has 0 unspecified atom stereocenters. The summed E-state index contributed by atoms with van der Waals surface area (Å²) >= 11 is 0. The first-order valence-electron chi connectivity index (χ1n) is 8.93. The van der Waals surface area contributed by atoms with Gasteiger partial charge in [-0.15, -0.1) is 0 Å². The predicted octanol–water partition coefficient (Wildman–Crippen LogP) is 3.14. The van der Waals surface area contributed by atoms with E-state index in [-0.39, 0.29) is 17.6 Å². The lowest BCUT2D eigenvalue weighted by Gasteiger charge is -2.26. The molecule has 0 bridgehead atoms. The molecule has 2 N–H and O–H groups in total. The molecule has 4 rings (SSSR count). The van der Waals surface area contributed by atoms with Crippen molar-refractivity contribution in [2.45, 2.75) is 26.4 Å². The number of hydrogen-bond acceptors (Lipinski definition) is 2. The van der Waals surface area contributed by atoms with E-state index in [0.717, 1.165) is 34.1 Å². The van der Waals surface area contributed by atoms with Crippen LogP contribution in [-0.2, 0) is 24.3 Å². The predicted molar refractivity (Wildman–Crippen MR) is 101 cm³/mol. The van der Waals surface area contributed by atoms with E-state index in [1.807, 2.05) is 17.0 Å². The van der Waals surface area contributed by atoms with E-state index < -0.39 is 0 Å². The molecule has 0 spiro atoms. The normalized spacial score (nSPS) is 13.5. The van der Waals surface area contributed by atoms with Crippen LogP contribution in [-0.4, -0.2) is 28.2 Å². The summed E-state index contributed by atoms with van der Waals surface area (Å²) in [6.45, 7) is 3.18. The fourth-order valence-electron chi connectivity index (χ4n) is 3.51. The molecule has 27 heavy (non-hydrogen) atoms. The van der Waals surface area contributed by atoms with Crippen molar-refractivity contribution in [2.75, 3.05) is 6.54 Å². The summed E-state index contributed by atoms with van der Waals surface area (Å²) in [6, 6.07) is 11.6. The van der Waals surface area contributed by atoms with Gasteiger partial charge in [-0.05, 0) is 35.9 Å². The van der Waals surface area contributed by atoms with Gasteiger partial charge in [-0.3, -0.25) is 9.59 Å². The van der Waals surface area contributed by atoms with Gasteiger partial charge in [0.25, 0.3) is 5.91 Å². The molecule has 138 valence electrons. The number of amides is 2. The van der Waals surface area contributed by atoms with E-state index in [9.17, 15) is 14.0 Å². The second-order valence-electron chi connectivity index (χ2n) is 6.84. The maximum Gasteiger partial charge on any atom is 0.251 e. The molecule has 1 aliphatic heterocycles. The Morgan fingerprint density at radius 1 is 1.19 bits per heavy atom. The van der Waals surface area contributed by atoms with Crippen LogP contribution in [0, 0.1) is 5.82 Å². The molecule has 0 saturated heterocycles. The molecule has 1 aliphatic rings. The highest BCUT2D eigenvalue weighted by Gasteiger charge is 2.22. The van der Waals surface area contributed by atoms with Crippen molar-refractivity contribution < 1.29 is 14.0 Å². The van der Waals surface area contributed by atoms with Gasteiger partial charge in [-0.25, -0.2) is 4.39 Å². The Kier molecular flexibility index (Phi) is 4.39. The number of nitrogens with one attached hydrogen (secondary N) is 2. The summed E-state index contributed by atoms with van der Waals surface area (Å²) in [5.74, 6) is -0.425. The van der Waals surface area contributed by atoms with E-state index in [1.165, 1.54) is 12.1 Å². The van der Waals surface area contributed by atoms with Crippen LogP contribution in [0.15, 0.2) is 42.5 Å². The summed E-state index contributed by atoms with van der Waals surface area (Å²) in [6.07, 6.45) is 0.787. The standard InChI is InChI=1S/C21H20FN3O2/c1-13(26)25-9-8-20-18(12-25)17-10-15(4-7-19(17)24-20)21(27)23-11-14-2-5-16(22)6-3-14/h2-7,10,24H,8-9,11-12H2,1H3,(H,23,27). The van der Waals surface area contributed by atoms with Crippen molar-refractivity contribution in [3.8, 4) is 0 Å². The Morgan fingerprint density at radius 3 is 2.70 bits per heavy atom. The summed E-state index contributed by atoms with van der Waals surface area (Å²) in [7, 11) is 0. The molecule has 0 atom stereocenters. The monoisotopic (exact) mass is 365 g/mol. The van der Waals surface area contributed by atoms with Crippen LogP contribution in [0.3, 0.4) is 0 Å². The molecule has 6 heteroatoms. The van der Waals surface area contributed by atoms with Crippen molar-refractivity contribution in [1.29, 1.82) is 0 Å². The minimum Gasteiger partial charge on any atom is -0.358 e. The molecule has 0 aliphatic carbocycles. The van der Waals surface area contributed by atoms with Gasteiger partial charge in [0.05, 0.1) is 0 Å². The van der Waals surface area contributed by atoms with E-state index in [2.05, 4.69) is 10.3 Å². The third kappa shape index (κ3) is 3.43. The number of fused-ring (bicyclic) bond motifs is 3.